The van der Waals surface area contributed by atoms with Gasteiger partial charge in [0.1, 0.15) is 0 Å². The van der Waals surface area contributed by atoms with E-state index in [2.05, 4.69) is 23.6 Å². The summed E-state index contributed by atoms with van der Waals surface area (Å²) in [6.07, 6.45) is 0.526. The molecule has 0 saturated heterocycles. The maximum Gasteiger partial charge on any atom is 0.0701 e. The van der Waals surface area contributed by atoms with E-state index in [0.29, 0.717) is 6.42 Å². The maximum absolute atomic E-state index is 8.55. The van der Waals surface area contributed by atoms with E-state index in [0.717, 1.165) is 0 Å². The highest BCUT2D eigenvalue weighted by Gasteiger charge is 2.01. The van der Waals surface area contributed by atoms with Gasteiger partial charge in [-0.3, -0.25) is 0 Å². The maximum atomic E-state index is 8.55. The second kappa shape index (κ2) is 2.96. The van der Waals surface area contributed by atoms with E-state index in [9.17, 15) is 0 Å². The number of fused-ring (bicyclic) bond motifs is 1. The van der Waals surface area contributed by atoms with Crippen LogP contribution in [0.2, 0.25) is 0 Å². The first-order chi connectivity index (χ1) is 5.92. The molecule has 2 aromatic rings. The molecular weight excluding hydrogens is 166 g/mol. The van der Waals surface area contributed by atoms with Crippen molar-refractivity contribution < 1.29 is 0 Å². The molecule has 1 aromatic heterocycles. The van der Waals surface area contributed by atoms with Crippen LogP contribution >= 0.6 is 11.3 Å². The lowest BCUT2D eigenvalue weighted by Gasteiger charge is -1.89. The van der Waals surface area contributed by atoms with Crippen LogP contribution in [0.3, 0.4) is 0 Å². The Morgan fingerprint density at radius 1 is 1.33 bits per heavy atom. The van der Waals surface area contributed by atoms with E-state index in [-0.39, 0.29) is 0 Å². The number of nitriles is 1. The van der Waals surface area contributed by atoms with E-state index in [1.54, 1.807) is 11.3 Å². The molecule has 0 fully saturated rings. The summed E-state index contributed by atoms with van der Waals surface area (Å²) in [5.74, 6) is 0. The first-order valence-electron chi connectivity index (χ1n) is 3.74. The number of rotatable bonds is 1. The van der Waals surface area contributed by atoms with Gasteiger partial charge in [-0.15, -0.1) is 11.3 Å². The van der Waals surface area contributed by atoms with Gasteiger partial charge in [0.05, 0.1) is 12.5 Å². The predicted octanol–water partition coefficient (Wildman–Crippen LogP) is 2.97. The molecule has 0 bridgehead atoms. The molecule has 1 aromatic carbocycles. The molecule has 0 aliphatic heterocycles. The molecule has 0 N–H and O–H groups in total. The van der Waals surface area contributed by atoms with Crippen LogP contribution in [0.1, 0.15) is 4.88 Å². The van der Waals surface area contributed by atoms with Gasteiger partial charge in [0.2, 0.25) is 0 Å². The second-order valence-electron chi connectivity index (χ2n) is 2.58. The van der Waals surface area contributed by atoms with Gasteiger partial charge in [-0.25, -0.2) is 0 Å². The average molecular weight is 173 g/mol. The van der Waals surface area contributed by atoms with Crippen molar-refractivity contribution in [3.05, 3.63) is 34.5 Å². The van der Waals surface area contributed by atoms with Crippen LogP contribution < -0.4 is 0 Å². The lowest BCUT2D eigenvalue weighted by atomic mass is 10.2. The Kier molecular flexibility index (Phi) is 1.81. The van der Waals surface area contributed by atoms with Crippen LogP contribution in [0.4, 0.5) is 0 Å². The Bertz CT molecular complexity index is 436. The molecule has 0 aliphatic rings. The smallest absolute Gasteiger partial charge is 0.0701 e. The lowest BCUT2D eigenvalue weighted by molar-refractivity contribution is 1.33. The third-order valence-electron chi connectivity index (χ3n) is 1.83. The molecule has 0 atom stereocenters. The minimum absolute atomic E-state index is 0.526. The van der Waals surface area contributed by atoms with Crippen molar-refractivity contribution in [1.29, 1.82) is 5.26 Å². The summed E-state index contributed by atoms with van der Waals surface area (Å²) in [6, 6.07) is 10.3. The third kappa shape index (κ3) is 1.09. The average Bonchev–Trinajstić information content (AvgIpc) is 2.50. The van der Waals surface area contributed by atoms with Gasteiger partial charge in [-0.1, -0.05) is 24.3 Å². The van der Waals surface area contributed by atoms with Crippen molar-refractivity contribution in [3.63, 3.8) is 0 Å². The normalized spacial score (nSPS) is 9.92. The molecule has 12 heavy (non-hydrogen) atoms. The number of hydrogen-bond donors (Lipinski definition) is 0. The summed E-state index contributed by atoms with van der Waals surface area (Å²) < 4.78 is 0. The lowest BCUT2D eigenvalue weighted by Crippen LogP contribution is -1.73. The Morgan fingerprint density at radius 2 is 2.17 bits per heavy atom. The summed E-state index contributed by atoms with van der Waals surface area (Å²) in [4.78, 5) is 1.17. The topological polar surface area (TPSA) is 23.8 Å². The largest absolute Gasteiger partial charge is 0.198 e. The highest BCUT2D eigenvalue weighted by Crippen LogP contribution is 2.25. The van der Waals surface area contributed by atoms with E-state index in [4.69, 9.17) is 5.26 Å². The van der Waals surface area contributed by atoms with Crippen molar-refractivity contribution in [2.24, 2.45) is 0 Å². The van der Waals surface area contributed by atoms with Crippen LogP contribution in [0.5, 0.6) is 0 Å². The second-order valence-corrected chi connectivity index (χ2v) is 3.55. The van der Waals surface area contributed by atoms with Crippen LogP contribution in [-0.4, -0.2) is 0 Å². The van der Waals surface area contributed by atoms with Crippen LogP contribution in [0.15, 0.2) is 29.6 Å². The molecule has 1 heterocycles. The van der Waals surface area contributed by atoms with Gasteiger partial charge in [0, 0.05) is 4.88 Å². The molecule has 2 rings (SSSR count). The Labute approximate surface area is 74.9 Å². The Balaban J connectivity index is 2.64. The van der Waals surface area contributed by atoms with Crippen LogP contribution in [0, 0.1) is 11.3 Å². The fourth-order valence-corrected chi connectivity index (χ4v) is 2.20. The SMILES string of the molecule is N#CCc1scc2ccccc12. The van der Waals surface area contributed by atoms with Gasteiger partial charge >= 0.3 is 0 Å². The molecule has 0 amide bonds. The van der Waals surface area contributed by atoms with Crippen LogP contribution in [-0.2, 0) is 6.42 Å². The number of thiophene rings is 1. The van der Waals surface area contributed by atoms with Gasteiger partial charge in [-0.2, -0.15) is 5.26 Å². The summed E-state index contributed by atoms with van der Waals surface area (Å²) in [6.45, 7) is 0. The van der Waals surface area contributed by atoms with E-state index < -0.39 is 0 Å². The number of nitrogens with zero attached hydrogens (tertiary/aromatic N) is 1. The number of hydrogen-bond acceptors (Lipinski definition) is 2. The third-order valence-corrected chi connectivity index (χ3v) is 2.85. The van der Waals surface area contributed by atoms with Crippen molar-refractivity contribution in [2.75, 3.05) is 0 Å². The predicted molar refractivity (Wildman–Crippen MR) is 51.1 cm³/mol. The van der Waals surface area contributed by atoms with E-state index in [1.165, 1.54) is 15.6 Å². The van der Waals surface area contributed by atoms with Gasteiger partial charge in [-0.05, 0) is 16.2 Å². The Morgan fingerprint density at radius 3 is 3.00 bits per heavy atom. The van der Waals surface area contributed by atoms with Crippen molar-refractivity contribution in [3.8, 4) is 6.07 Å². The summed E-state index contributed by atoms with van der Waals surface area (Å²) in [7, 11) is 0. The monoisotopic (exact) mass is 173 g/mol. The molecule has 1 nitrogen and oxygen atoms in total. The first-order valence-corrected chi connectivity index (χ1v) is 4.62. The molecule has 2 heteroatoms. The Hall–Kier alpha value is -1.33. The van der Waals surface area contributed by atoms with Gasteiger partial charge in [0.25, 0.3) is 0 Å². The quantitative estimate of drug-likeness (QED) is 0.650. The van der Waals surface area contributed by atoms with Crippen molar-refractivity contribution >= 4 is 22.1 Å². The minimum Gasteiger partial charge on any atom is -0.198 e. The molecule has 0 spiro atoms. The molecule has 0 aliphatic carbocycles. The molecule has 0 unspecified atom stereocenters. The zero-order valence-electron chi connectivity index (χ0n) is 6.45. The highest BCUT2D eigenvalue weighted by molar-refractivity contribution is 7.11. The van der Waals surface area contributed by atoms with E-state index in [1.807, 2.05) is 12.1 Å². The van der Waals surface area contributed by atoms with Crippen molar-refractivity contribution in [1.82, 2.24) is 0 Å². The summed E-state index contributed by atoms with van der Waals surface area (Å²) >= 11 is 1.66. The standard InChI is InChI=1S/C10H7NS/c11-6-5-10-9-4-2-1-3-8(9)7-12-10/h1-4,7H,5H2. The summed E-state index contributed by atoms with van der Waals surface area (Å²) in [5.41, 5.74) is 0. The molecular formula is C10H7NS. The highest BCUT2D eigenvalue weighted by atomic mass is 32.1. The van der Waals surface area contributed by atoms with Gasteiger partial charge < -0.3 is 0 Å². The molecule has 0 saturated carbocycles. The fourth-order valence-electron chi connectivity index (χ4n) is 1.26. The van der Waals surface area contributed by atoms with Crippen LogP contribution in [0.25, 0.3) is 10.8 Å². The van der Waals surface area contributed by atoms with Gasteiger partial charge in [0.15, 0.2) is 0 Å². The minimum atomic E-state index is 0.526. The number of benzene rings is 1. The summed E-state index contributed by atoms with van der Waals surface area (Å²) in [5, 5.41) is 13.1. The van der Waals surface area contributed by atoms with E-state index >= 15 is 0 Å². The molecule has 0 radical (unpaired) electrons. The molecule has 58 valence electrons. The zero-order chi connectivity index (χ0) is 8.39. The zero-order valence-corrected chi connectivity index (χ0v) is 7.27. The van der Waals surface area contributed by atoms with Crippen molar-refractivity contribution in [2.45, 2.75) is 6.42 Å². The fraction of sp³-hybridized carbons (Fsp3) is 0.100. The first kappa shape index (κ1) is 7.33.